The Morgan fingerprint density at radius 1 is 1.24 bits per heavy atom. The first-order valence-electron chi connectivity index (χ1n) is 4.95. The zero-order valence-corrected chi connectivity index (χ0v) is 9.62. The summed E-state index contributed by atoms with van der Waals surface area (Å²) in [6, 6.07) is 0. The van der Waals surface area contributed by atoms with E-state index in [2.05, 4.69) is 5.01 Å². The lowest BCUT2D eigenvalue weighted by molar-refractivity contribution is -0.192. The molecule has 1 rings (SSSR count). The molecule has 100 valence electrons. The van der Waals surface area contributed by atoms with Crippen molar-refractivity contribution < 1.29 is 27.9 Å². The zero-order chi connectivity index (χ0) is 13.6. The summed E-state index contributed by atoms with van der Waals surface area (Å²) in [4.78, 5) is 19.7. The molecule has 0 radical (unpaired) electrons. The molecule has 1 aliphatic heterocycles. The molecule has 1 amide bonds. The number of amides is 1. The van der Waals surface area contributed by atoms with Crippen LogP contribution in [-0.4, -0.2) is 53.3 Å². The van der Waals surface area contributed by atoms with Crippen LogP contribution in [0.1, 0.15) is 19.8 Å². The molecule has 0 atom stereocenters. The van der Waals surface area contributed by atoms with Crippen molar-refractivity contribution in [1.82, 2.24) is 10.0 Å². The summed E-state index contributed by atoms with van der Waals surface area (Å²) in [6.45, 7) is 3.67. The van der Waals surface area contributed by atoms with Gasteiger partial charge in [-0.25, -0.2) is 9.80 Å². The van der Waals surface area contributed by atoms with Gasteiger partial charge in [-0.05, 0) is 12.8 Å². The molecule has 0 aromatic heterocycles. The van der Waals surface area contributed by atoms with Crippen LogP contribution in [0, 0.1) is 0 Å². The number of carbonyl (C=O) groups is 2. The normalized spacial score (nSPS) is 16.1. The largest absolute Gasteiger partial charge is 0.490 e. The number of halogens is 3. The molecule has 0 unspecified atom stereocenters. The molecule has 1 aliphatic rings. The van der Waals surface area contributed by atoms with Crippen LogP contribution in [0.2, 0.25) is 0 Å². The highest BCUT2D eigenvalue weighted by Crippen LogP contribution is 2.13. The van der Waals surface area contributed by atoms with E-state index in [1.165, 1.54) is 12.8 Å². The number of carbonyl (C=O) groups excluding carboxylic acids is 1. The van der Waals surface area contributed by atoms with Gasteiger partial charge in [0.05, 0.1) is 0 Å². The van der Waals surface area contributed by atoms with Gasteiger partial charge in [0.25, 0.3) is 0 Å². The number of nitrogens with zero attached hydrogens (tertiary/aromatic N) is 2. The van der Waals surface area contributed by atoms with Gasteiger partial charge in [-0.1, -0.05) is 0 Å². The van der Waals surface area contributed by atoms with E-state index in [4.69, 9.17) is 9.90 Å². The summed E-state index contributed by atoms with van der Waals surface area (Å²) in [5.74, 6) is -2.63. The van der Waals surface area contributed by atoms with Crippen LogP contribution < -0.4 is 0 Å². The Morgan fingerprint density at radius 2 is 1.59 bits per heavy atom. The maximum atomic E-state index is 10.8. The molecule has 0 aromatic rings. The molecular weight excluding hydrogens is 241 g/mol. The minimum atomic E-state index is -5.08. The predicted molar refractivity (Wildman–Crippen MR) is 52.9 cm³/mol. The molecular formula is C9H15F3N2O3. The minimum Gasteiger partial charge on any atom is -0.475 e. The minimum absolute atomic E-state index is 0.127. The predicted octanol–water partition coefficient (Wildman–Crippen LogP) is 1.11. The summed E-state index contributed by atoms with van der Waals surface area (Å²) in [6.07, 6.45) is -2.64. The molecule has 0 spiro atoms. The van der Waals surface area contributed by atoms with Crippen LogP contribution in [0.3, 0.4) is 0 Å². The summed E-state index contributed by atoms with van der Waals surface area (Å²) in [5, 5.41) is 10.9. The van der Waals surface area contributed by atoms with Gasteiger partial charge in [0, 0.05) is 27.1 Å². The number of rotatable bonds is 1. The third kappa shape index (κ3) is 6.10. The highest BCUT2D eigenvalue weighted by atomic mass is 19.4. The number of carboxylic acids is 1. The van der Waals surface area contributed by atoms with Crippen molar-refractivity contribution in [2.75, 3.05) is 20.1 Å². The van der Waals surface area contributed by atoms with E-state index < -0.39 is 12.1 Å². The highest BCUT2D eigenvalue weighted by molar-refractivity contribution is 5.73. The average Bonchev–Trinajstić information content (AvgIpc) is 2.68. The van der Waals surface area contributed by atoms with Gasteiger partial charge in [-0.15, -0.1) is 0 Å². The first-order chi connectivity index (χ1) is 7.66. The summed E-state index contributed by atoms with van der Waals surface area (Å²) < 4.78 is 31.7. The number of aliphatic carboxylic acids is 1. The molecule has 1 saturated heterocycles. The van der Waals surface area contributed by atoms with Gasteiger partial charge in [-0.3, -0.25) is 9.80 Å². The fourth-order valence-corrected chi connectivity index (χ4v) is 1.20. The quantitative estimate of drug-likeness (QED) is 0.763. The number of hydrazine groups is 1. The van der Waals surface area contributed by atoms with E-state index in [1.54, 1.807) is 11.9 Å². The van der Waals surface area contributed by atoms with Crippen molar-refractivity contribution in [2.24, 2.45) is 0 Å². The lowest BCUT2D eigenvalue weighted by atomic mass is 10.4. The first kappa shape index (κ1) is 15.7. The first-order valence-corrected chi connectivity index (χ1v) is 4.95. The van der Waals surface area contributed by atoms with Crippen LogP contribution in [-0.2, 0) is 9.59 Å². The third-order valence-electron chi connectivity index (χ3n) is 2.20. The van der Waals surface area contributed by atoms with Gasteiger partial charge in [-0.2, -0.15) is 13.2 Å². The second kappa shape index (κ2) is 6.43. The Bertz CT molecular complexity index is 275. The fraction of sp³-hybridized carbons (Fsp3) is 0.778. The van der Waals surface area contributed by atoms with Gasteiger partial charge >= 0.3 is 12.1 Å². The van der Waals surface area contributed by atoms with Crippen LogP contribution in [0.5, 0.6) is 0 Å². The van der Waals surface area contributed by atoms with Crippen molar-refractivity contribution in [3.63, 3.8) is 0 Å². The van der Waals surface area contributed by atoms with Crippen LogP contribution in [0.15, 0.2) is 0 Å². The van der Waals surface area contributed by atoms with Gasteiger partial charge in [0.1, 0.15) is 0 Å². The molecule has 17 heavy (non-hydrogen) atoms. The molecule has 0 aromatic carbocycles. The van der Waals surface area contributed by atoms with E-state index in [9.17, 15) is 18.0 Å². The van der Waals surface area contributed by atoms with E-state index >= 15 is 0 Å². The van der Waals surface area contributed by atoms with Gasteiger partial charge < -0.3 is 5.11 Å². The fourth-order valence-electron chi connectivity index (χ4n) is 1.20. The molecule has 8 heteroatoms. The van der Waals surface area contributed by atoms with E-state index in [-0.39, 0.29) is 5.91 Å². The van der Waals surface area contributed by atoms with Gasteiger partial charge in [0.15, 0.2) is 0 Å². The standard InChI is InChI=1S/C7H14N2O.C2HF3O2/c1-7(10)8(2)9-5-3-4-6-9;3-2(4,5)1(6)7/h3-6H2,1-2H3;(H,6,7). The Kier molecular flexibility index (Phi) is 5.94. The maximum absolute atomic E-state index is 10.8. The van der Waals surface area contributed by atoms with E-state index in [0.717, 1.165) is 13.1 Å². The van der Waals surface area contributed by atoms with Gasteiger partial charge in [0.2, 0.25) is 5.91 Å². The Morgan fingerprint density at radius 3 is 1.82 bits per heavy atom. The number of hydrogen-bond donors (Lipinski definition) is 1. The Labute approximate surface area is 96.8 Å². The summed E-state index contributed by atoms with van der Waals surface area (Å²) >= 11 is 0. The number of alkyl halides is 3. The van der Waals surface area contributed by atoms with Crippen LogP contribution in [0.4, 0.5) is 13.2 Å². The number of carboxylic acid groups (broad SMARTS) is 1. The highest BCUT2D eigenvalue weighted by Gasteiger charge is 2.38. The smallest absolute Gasteiger partial charge is 0.475 e. The van der Waals surface area contributed by atoms with Crippen LogP contribution >= 0.6 is 0 Å². The Hall–Kier alpha value is -1.31. The van der Waals surface area contributed by atoms with Crippen molar-refractivity contribution in [3.8, 4) is 0 Å². The molecule has 1 N–H and O–H groups in total. The molecule has 0 saturated carbocycles. The van der Waals surface area contributed by atoms with Crippen molar-refractivity contribution in [2.45, 2.75) is 25.9 Å². The topological polar surface area (TPSA) is 60.9 Å². The molecule has 1 fully saturated rings. The van der Waals surface area contributed by atoms with Crippen LogP contribution in [0.25, 0.3) is 0 Å². The second-order valence-corrected chi connectivity index (χ2v) is 3.51. The molecule has 0 bridgehead atoms. The average molecular weight is 256 g/mol. The number of hydrogen-bond acceptors (Lipinski definition) is 3. The molecule has 5 nitrogen and oxygen atoms in total. The Balaban J connectivity index is 0.000000325. The monoisotopic (exact) mass is 256 g/mol. The summed E-state index contributed by atoms with van der Waals surface area (Å²) in [5.41, 5.74) is 0. The maximum Gasteiger partial charge on any atom is 0.490 e. The van der Waals surface area contributed by atoms with Crippen molar-refractivity contribution >= 4 is 11.9 Å². The summed E-state index contributed by atoms with van der Waals surface area (Å²) in [7, 11) is 1.83. The third-order valence-corrected chi connectivity index (χ3v) is 2.20. The SMILES string of the molecule is CC(=O)N(C)N1CCCC1.O=C(O)C(F)(F)F. The van der Waals surface area contributed by atoms with Crippen molar-refractivity contribution in [3.05, 3.63) is 0 Å². The lowest BCUT2D eigenvalue weighted by Gasteiger charge is -2.25. The lowest BCUT2D eigenvalue weighted by Crippen LogP contribution is -2.40. The van der Waals surface area contributed by atoms with E-state index in [0.29, 0.717) is 0 Å². The van der Waals surface area contributed by atoms with Crippen molar-refractivity contribution in [1.29, 1.82) is 0 Å². The molecule has 0 aliphatic carbocycles. The second-order valence-electron chi connectivity index (χ2n) is 3.51. The molecule has 1 heterocycles. The van der Waals surface area contributed by atoms with E-state index in [1.807, 2.05) is 7.05 Å². The zero-order valence-electron chi connectivity index (χ0n) is 9.62.